The fourth-order valence-electron chi connectivity index (χ4n) is 4.56. The lowest BCUT2D eigenvalue weighted by Crippen LogP contribution is -2.75. The molecule has 1 unspecified atom stereocenters. The zero-order chi connectivity index (χ0) is 28.2. The van der Waals surface area contributed by atoms with Crippen molar-refractivity contribution in [1.29, 1.82) is 0 Å². The summed E-state index contributed by atoms with van der Waals surface area (Å²) in [6, 6.07) is 0.436. The number of allylic oxidation sites excluding steroid dienone is 2. The van der Waals surface area contributed by atoms with Gasteiger partial charge < -0.3 is 14.5 Å². The fraction of sp³-hybridized carbons (Fsp3) is 0.750. The van der Waals surface area contributed by atoms with Crippen LogP contribution in [-0.4, -0.2) is 86.4 Å². The first-order valence-corrected chi connectivity index (χ1v) is 15.6. The number of hydrogen-bond acceptors (Lipinski definition) is 7. The predicted octanol–water partition coefficient (Wildman–Crippen LogP) is 4.65. The number of hydrogen-bond donors (Lipinski definition) is 2. The third-order valence-corrected chi connectivity index (χ3v) is 9.16. The van der Waals surface area contributed by atoms with Gasteiger partial charge in [-0.1, -0.05) is 25.3 Å². The van der Waals surface area contributed by atoms with Crippen molar-refractivity contribution in [2.24, 2.45) is 0 Å². The predicted molar refractivity (Wildman–Crippen MR) is 160 cm³/mol. The number of hydroxylamine groups is 1. The summed E-state index contributed by atoms with van der Waals surface area (Å²) in [5.41, 5.74) is 0.857. The lowest BCUT2D eigenvalue weighted by atomic mass is 9.84. The zero-order valence-corrected chi connectivity index (χ0v) is 25.8. The summed E-state index contributed by atoms with van der Waals surface area (Å²) in [4.78, 5) is 21.5. The van der Waals surface area contributed by atoms with Crippen LogP contribution >= 0.6 is 23.7 Å². The number of nitrogens with two attached hydrogens (primary N) is 1. The van der Waals surface area contributed by atoms with Crippen molar-refractivity contribution in [3.05, 3.63) is 36.5 Å². The Kier molecular flexibility index (Phi) is 19.2. The number of alkyl halides is 1. The van der Waals surface area contributed by atoms with Crippen molar-refractivity contribution < 1.29 is 24.2 Å². The maximum Gasteiger partial charge on any atom is 0.262 e. The molecule has 1 atom stereocenters. The average molecular weight is 576 g/mol. The fourth-order valence-corrected chi connectivity index (χ4v) is 6.60. The quantitative estimate of drug-likeness (QED) is 0.167. The highest BCUT2D eigenvalue weighted by Crippen LogP contribution is 2.32. The van der Waals surface area contributed by atoms with Crippen molar-refractivity contribution in [3.8, 4) is 0 Å². The highest BCUT2D eigenvalue weighted by Gasteiger charge is 2.39. The van der Waals surface area contributed by atoms with E-state index in [0.29, 0.717) is 11.3 Å². The van der Waals surface area contributed by atoms with Crippen LogP contribution in [0.2, 0.25) is 0 Å². The van der Waals surface area contributed by atoms with E-state index < -0.39 is 11.8 Å². The smallest absolute Gasteiger partial charge is 0.262 e. The Hall–Kier alpha value is -1.04. The van der Waals surface area contributed by atoms with E-state index in [1.165, 1.54) is 23.8 Å². The molecular formula is C28H52FN4O3S2+. The van der Waals surface area contributed by atoms with E-state index in [1.807, 2.05) is 29.3 Å². The molecule has 0 aromatic heterocycles. The Morgan fingerprint density at radius 3 is 2.39 bits per heavy atom. The third-order valence-electron chi connectivity index (χ3n) is 7.04. The molecule has 0 heterocycles. The van der Waals surface area contributed by atoms with Crippen LogP contribution in [0.4, 0.5) is 4.39 Å². The van der Waals surface area contributed by atoms with Gasteiger partial charge in [-0.15, -0.1) is 0 Å². The van der Waals surface area contributed by atoms with Crippen molar-refractivity contribution in [2.75, 3.05) is 47.7 Å². The topological polar surface area (TPSA) is 70.6 Å². The standard InChI is InChI=1S/C25H44FN3O2S2.C3H7NO/c1-28(2)18-14-22(20-32-23-12-10-21(26)11-13-23)29(3)17-8-9-19-33-27-24(30)25(31-4)15-6-5-7-16-25;1-3-4-5-2/h8-9,17,19,21-23H,5-7,10-16,18,20H2,1-4H3,(H,27,30);3-4H,1H2,2H3/p+1/b17-8+,19-9+;. The van der Waals surface area contributed by atoms with Crippen LogP contribution in [0.15, 0.2) is 36.5 Å². The molecule has 0 bridgehead atoms. The number of rotatable bonds is 15. The molecule has 10 heteroatoms. The molecule has 1 amide bonds. The Balaban J connectivity index is 0.00000132. The number of methoxy groups -OCH3 is 1. The minimum Gasteiger partial charge on any atom is -0.377 e. The Labute approximate surface area is 239 Å². The Morgan fingerprint density at radius 2 is 1.84 bits per heavy atom. The summed E-state index contributed by atoms with van der Waals surface area (Å²) in [7, 11) is 9.57. The molecule has 38 heavy (non-hydrogen) atoms. The van der Waals surface area contributed by atoms with Gasteiger partial charge in [0, 0.05) is 31.2 Å². The second-order valence-electron chi connectivity index (χ2n) is 10.2. The summed E-state index contributed by atoms with van der Waals surface area (Å²) in [5.74, 6) is 1.03. The molecule has 2 aliphatic carbocycles. The van der Waals surface area contributed by atoms with Gasteiger partial charge in [0.15, 0.2) is 0 Å². The van der Waals surface area contributed by atoms with Crippen LogP contribution < -0.4 is 10.2 Å². The van der Waals surface area contributed by atoms with Crippen molar-refractivity contribution in [2.45, 2.75) is 87.3 Å². The normalized spacial score (nSPS) is 22.2. The molecule has 2 rings (SSSR count). The second kappa shape index (κ2) is 20.8. The summed E-state index contributed by atoms with van der Waals surface area (Å²) < 4.78 is 22.0. The van der Waals surface area contributed by atoms with Crippen LogP contribution in [0.5, 0.6) is 0 Å². The van der Waals surface area contributed by atoms with Gasteiger partial charge in [0.2, 0.25) is 0 Å². The van der Waals surface area contributed by atoms with Crippen molar-refractivity contribution in [1.82, 2.24) is 14.5 Å². The first-order valence-electron chi connectivity index (χ1n) is 13.7. The van der Waals surface area contributed by atoms with E-state index in [4.69, 9.17) is 4.74 Å². The van der Waals surface area contributed by atoms with Gasteiger partial charge in [0.1, 0.15) is 18.0 Å². The number of amides is 1. The molecule has 0 aromatic rings. The number of carbonyl (C=O) groups excluding carboxylic acids is 1. The van der Waals surface area contributed by atoms with Crippen LogP contribution in [0, 0.1) is 0 Å². The lowest BCUT2D eigenvalue weighted by molar-refractivity contribution is -0.842. The molecule has 0 saturated heterocycles. The number of quaternary nitrogens is 1. The number of nitrogens with one attached hydrogen (secondary N) is 1. The van der Waals surface area contributed by atoms with Gasteiger partial charge in [-0.2, -0.15) is 17.2 Å². The molecule has 0 radical (unpaired) electrons. The summed E-state index contributed by atoms with van der Waals surface area (Å²) >= 11 is 3.31. The molecular weight excluding hydrogens is 523 g/mol. The maximum absolute atomic E-state index is 13.4. The van der Waals surface area contributed by atoms with Gasteiger partial charge in [-0.3, -0.25) is 9.52 Å². The van der Waals surface area contributed by atoms with Crippen LogP contribution in [0.3, 0.4) is 0 Å². The zero-order valence-electron chi connectivity index (χ0n) is 24.2. The van der Waals surface area contributed by atoms with Crippen molar-refractivity contribution in [3.63, 3.8) is 0 Å². The van der Waals surface area contributed by atoms with E-state index in [9.17, 15) is 9.18 Å². The molecule has 3 N–H and O–H groups in total. The second-order valence-corrected chi connectivity index (χ2v) is 12.2. The number of nitrogens with zero attached hydrogens (tertiary/aromatic N) is 2. The summed E-state index contributed by atoms with van der Waals surface area (Å²) in [5, 5.41) is 2.49. The molecule has 7 nitrogen and oxygen atoms in total. The molecule has 2 fully saturated rings. The first kappa shape index (κ1) is 35.0. The van der Waals surface area contributed by atoms with Gasteiger partial charge in [0.05, 0.1) is 7.11 Å². The van der Waals surface area contributed by atoms with Crippen LogP contribution in [-0.2, 0) is 14.4 Å². The number of ether oxygens (including phenoxy) is 1. The van der Waals surface area contributed by atoms with Gasteiger partial charge in [-0.05, 0) is 102 Å². The van der Waals surface area contributed by atoms with Gasteiger partial charge in [0.25, 0.3) is 5.91 Å². The van der Waals surface area contributed by atoms with E-state index in [1.54, 1.807) is 20.4 Å². The molecule has 0 spiro atoms. The third kappa shape index (κ3) is 14.4. The molecule has 0 aliphatic heterocycles. The Morgan fingerprint density at radius 1 is 1.16 bits per heavy atom. The summed E-state index contributed by atoms with van der Waals surface area (Å²) in [6.07, 6.45) is 16.5. The highest BCUT2D eigenvalue weighted by atomic mass is 32.2. The van der Waals surface area contributed by atoms with Gasteiger partial charge in [-0.25, -0.2) is 9.23 Å². The minimum atomic E-state index is -0.657. The van der Waals surface area contributed by atoms with Gasteiger partial charge >= 0.3 is 0 Å². The van der Waals surface area contributed by atoms with E-state index in [0.717, 1.165) is 70.1 Å². The van der Waals surface area contributed by atoms with E-state index in [-0.39, 0.29) is 5.91 Å². The molecule has 2 aliphatic rings. The largest absolute Gasteiger partial charge is 0.377 e. The molecule has 2 saturated carbocycles. The molecule has 220 valence electrons. The minimum absolute atomic E-state index is 0.0250. The Bertz CT molecular complexity index is 698. The monoisotopic (exact) mass is 575 g/mol. The number of halogens is 1. The van der Waals surface area contributed by atoms with Crippen LogP contribution in [0.1, 0.15) is 64.2 Å². The van der Waals surface area contributed by atoms with Crippen LogP contribution in [0.25, 0.3) is 0 Å². The van der Waals surface area contributed by atoms with E-state index in [2.05, 4.69) is 53.3 Å². The highest BCUT2D eigenvalue weighted by molar-refractivity contribution is 8.00. The average Bonchev–Trinajstić information content (AvgIpc) is 2.92. The first-order chi connectivity index (χ1) is 18.3. The number of thioether (sulfide) groups is 1. The number of carbonyl (C=O) groups is 1. The van der Waals surface area contributed by atoms with Crippen molar-refractivity contribution >= 4 is 29.6 Å². The lowest BCUT2D eigenvalue weighted by Gasteiger charge is -2.33. The summed E-state index contributed by atoms with van der Waals surface area (Å²) in [6.45, 7) is 4.41. The SMILES string of the molecule is C=C[NH2+]OC.COC1(C(=O)NS/C=C/C=C/N(C)C(CCN(C)C)CSC2CCC(F)CC2)CCCCC1. The molecule has 0 aromatic carbocycles. The maximum atomic E-state index is 13.4. The van der Waals surface area contributed by atoms with E-state index >= 15 is 0 Å².